The number of benzene rings is 3. The van der Waals surface area contributed by atoms with Crippen molar-refractivity contribution in [3.8, 4) is 28.7 Å². The molecule has 1 atom stereocenters. The molecule has 9 heteroatoms. The summed E-state index contributed by atoms with van der Waals surface area (Å²) in [5, 5.41) is 8.45. The van der Waals surface area contributed by atoms with E-state index >= 15 is 0 Å². The minimum Gasteiger partial charge on any atom is -0.497 e. The molecule has 0 bridgehead atoms. The SMILES string of the molecule is COc1cc(Cn2cc(COc3ccc4c(c3)OC(c3ccc5c(c3)C=CC(C)(C)O5)CC4=O)nn2)cc(OC)c1. The molecule has 2 aliphatic heterocycles. The topological polar surface area (TPSA) is 93.9 Å². The number of Topliss-reactive ketones (excluding diaryl/α,β-unsaturated/α-hetero) is 1. The van der Waals surface area contributed by atoms with Gasteiger partial charge in [0.15, 0.2) is 5.78 Å². The second-order valence-corrected chi connectivity index (χ2v) is 10.6. The van der Waals surface area contributed by atoms with Gasteiger partial charge in [-0.1, -0.05) is 17.4 Å². The number of ether oxygens (including phenoxy) is 5. The van der Waals surface area contributed by atoms with E-state index in [9.17, 15) is 4.79 Å². The van der Waals surface area contributed by atoms with E-state index in [1.807, 2.05) is 62.5 Å². The van der Waals surface area contributed by atoms with Crippen LogP contribution in [0.5, 0.6) is 28.7 Å². The molecule has 0 fully saturated rings. The largest absolute Gasteiger partial charge is 0.497 e. The molecule has 4 aromatic rings. The van der Waals surface area contributed by atoms with Gasteiger partial charge in [0.1, 0.15) is 52.8 Å². The summed E-state index contributed by atoms with van der Waals surface area (Å²) in [6.07, 6.45) is 5.78. The molecule has 0 N–H and O–H groups in total. The first-order valence-electron chi connectivity index (χ1n) is 13.4. The van der Waals surface area contributed by atoms with Crippen molar-refractivity contribution >= 4 is 11.9 Å². The minimum absolute atomic E-state index is 0.0329. The van der Waals surface area contributed by atoms with Gasteiger partial charge in [-0.2, -0.15) is 0 Å². The van der Waals surface area contributed by atoms with Crippen LogP contribution >= 0.6 is 0 Å². The molecule has 3 heterocycles. The Labute approximate surface area is 238 Å². The third-order valence-corrected chi connectivity index (χ3v) is 7.07. The number of rotatable bonds is 8. The minimum atomic E-state index is -0.394. The number of aromatic nitrogens is 3. The predicted molar refractivity (Wildman–Crippen MR) is 152 cm³/mol. The quantitative estimate of drug-likeness (QED) is 0.270. The van der Waals surface area contributed by atoms with Gasteiger partial charge in [0, 0.05) is 17.7 Å². The Kier molecular flexibility index (Phi) is 6.86. The standard InChI is InChI=1S/C32H31N3O6/c1-32(2)10-9-22-13-21(5-8-29(22)41-32)30-16-28(36)27-7-6-24(15-31(27)40-30)39-19-23-18-35(34-33-23)17-20-11-25(37-3)14-26(12-20)38-4/h5-15,18,30H,16-17,19H2,1-4H3. The van der Waals surface area contributed by atoms with Crippen LogP contribution in [0.15, 0.2) is 66.9 Å². The lowest BCUT2D eigenvalue weighted by Gasteiger charge is -2.30. The maximum atomic E-state index is 13.0. The first-order valence-corrected chi connectivity index (χ1v) is 13.4. The van der Waals surface area contributed by atoms with E-state index in [0.29, 0.717) is 40.8 Å². The molecule has 41 heavy (non-hydrogen) atoms. The zero-order chi connectivity index (χ0) is 28.6. The van der Waals surface area contributed by atoms with Crippen LogP contribution < -0.4 is 23.7 Å². The van der Waals surface area contributed by atoms with Crippen LogP contribution in [0.4, 0.5) is 0 Å². The third kappa shape index (κ3) is 5.75. The molecular weight excluding hydrogens is 522 g/mol. The van der Waals surface area contributed by atoms with Gasteiger partial charge >= 0.3 is 0 Å². The zero-order valence-corrected chi connectivity index (χ0v) is 23.4. The summed E-state index contributed by atoms with van der Waals surface area (Å²) < 4.78 is 30.8. The van der Waals surface area contributed by atoms with Gasteiger partial charge in [-0.3, -0.25) is 4.79 Å². The normalized spacial score (nSPS) is 16.7. The summed E-state index contributed by atoms with van der Waals surface area (Å²) in [5.41, 5.74) is 3.73. The number of hydrogen-bond acceptors (Lipinski definition) is 8. The van der Waals surface area contributed by atoms with Crippen molar-refractivity contribution in [3.05, 3.63) is 94.8 Å². The van der Waals surface area contributed by atoms with Gasteiger partial charge in [0.05, 0.1) is 38.9 Å². The third-order valence-electron chi connectivity index (χ3n) is 7.07. The Morgan fingerprint density at radius 3 is 2.56 bits per heavy atom. The van der Waals surface area contributed by atoms with E-state index in [1.165, 1.54) is 0 Å². The van der Waals surface area contributed by atoms with E-state index in [4.69, 9.17) is 23.7 Å². The Balaban J connectivity index is 1.12. The summed E-state index contributed by atoms with van der Waals surface area (Å²) in [6, 6.07) is 16.9. The van der Waals surface area contributed by atoms with E-state index in [0.717, 1.165) is 22.4 Å². The van der Waals surface area contributed by atoms with Crippen molar-refractivity contribution in [2.24, 2.45) is 0 Å². The van der Waals surface area contributed by atoms with Crippen LogP contribution in [0, 0.1) is 0 Å². The van der Waals surface area contributed by atoms with Crippen LogP contribution in [-0.4, -0.2) is 40.6 Å². The maximum Gasteiger partial charge on any atom is 0.170 e. The molecule has 0 saturated heterocycles. The lowest BCUT2D eigenvalue weighted by atomic mass is 9.94. The van der Waals surface area contributed by atoms with Gasteiger partial charge in [0.25, 0.3) is 0 Å². The summed E-state index contributed by atoms with van der Waals surface area (Å²) in [4.78, 5) is 13.0. The Morgan fingerprint density at radius 1 is 0.976 bits per heavy atom. The van der Waals surface area contributed by atoms with E-state index in [-0.39, 0.29) is 24.4 Å². The molecule has 1 aromatic heterocycles. The number of hydrogen-bond donors (Lipinski definition) is 0. The Morgan fingerprint density at radius 2 is 1.78 bits per heavy atom. The van der Waals surface area contributed by atoms with E-state index in [1.54, 1.807) is 37.1 Å². The molecule has 0 radical (unpaired) electrons. The van der Waals surface area contributed by atoms with Crippen molar-refractivity contribution in [1.29, 1.82) is 0 Å². The summed E-state index contributed by atoms with van der Waals surface area (Å²) in [6.45, 7) is 4.74. The maximum absolute atomic E-state index is 13.0. The van der Waals surface area contributed by atoms with E-state index in [2.05, 4.69) is 16.4 Å². The van der Waals surface area contributed by atoms with Crippen molar-refractivity contribution in [2.45, 2.75) is 45.1 Å². The first kappa shape index (κ1) is 26.4. The number of methoxy groups -OCH3 is 2. The van der Waals surface area contributed by atoms with Crippen molar-refractivity contribution in [1.82, 2.24) is 15.0 Å². The lowest BCUT2D eigenvalue weighted by molar-refractivity contribution is 0.0849. The second-order valence-electron chi connectivity index (χ2n) is 10.6. The highest BCUT2D eigenvalue weighted by Gasteiger charge is 2.29. The second kappa shape index (κ2) is 10.6. The zero-order valence-electron chi connectivity index (χ0n) is 23.4. The van der Waals surface area contributed by atoms with Gasteiger partial charge in [-0.25, -0.2) is 4.68 Å². The fourth-order valence-electron chi connectivity index (χ4n) is 4.96. The molecule has 0 spiro atoms. The number of carbonyl (C=O) groups is 1. The monoisotopic (exact) mass is 553 g/mol. The van der Waals surface area contributed by atoms with E-state index < -0.39 is 6.10 Å². The number of fused-ring (bicyclic) bond motifs is 2. The molecule has 1 unspecified atom stereocenters. The molecule has 0 saturated carbocycles. The number of carbonyl (C=O) groups excluding carboxylic acids is 1. The van der Waals surface area contributed by atoms with Gasteiger partial charge in [0.2, 0.25) is 0 Å². The molecule has 2 aliphatic rings. The Hall–Kier alpha value is -4.79. The molecule has 6 rings (SSSR count). The van der Waals surface area contributed by atoms with Crippen LogP contribution in [-0.2, 0) is 13.2 Å². The highest BCUT2D eigenvalue weighted by molar-refractivity contribution is 6.00. The lowest BCUT2D eigenvalue weighted by Crippen LogP contribution is -2.27. The molecule has 3 aromatic carbocycles. The van der Waals surface area contributed by atoms with Gasteiger partial charge in [-0.15, -0.1) is 5.10 Å². The molecule has 0 amide bonds. The van der Waals surface area contributed by atoms with Crippen LogP contribution in [0.3, 0.4) is 0 Å². The van der Waals surface area contributed by atoms with Crippen LogP contribution in [0.1, 0.15) is 59.1 Å². The number of ketones is 1. The van der Waals surface area contributed by atoms with Crippen LogP contribution in [0.25, 0.3) is 6.08 Å². The molecular formula is C32H31N3O6. The summed E-state index contributed by atoms with van der Waals surface area (Å²) in [5.74, 6) is 3.35. The highest BCUT2D eigenvalue weighted by Crippen LogP contribution is 2.39. The van der Waals surface area contributed by atoms with Gasteiger partial charge in [-0.05, 0) is 67.4 Å². The smallest absolute Gasteiger partial charge is 0.170 e. The summed E-state index contributed by atoms with van der Waals surface area (Å²) in [7, 11) is 3.24. The average molecular weight is 554 g/mol. The first-order chi connectivity index (χ1) is 19.8. The van der Waals surface area contributed by atoms with Crippen molar-refractivity contribution in [3.63, 3.8) is 0 Å². The average Bonchev–Trinajstić information content (AvgIpc) is 3.42. The molecule has 0 aliphatic carbocycles. The summed E-state index contributed by atoms with van der Waals surface area (Å²) >= 11 is 0. The Bertz CT molecular complexity index is 1620. The van der Waals surface area contributed by atoms with Crippen molar-refractivity contribution in [2.75, 3.05) is 14.2 Å². The highest BCUT2D eigenvalue weighted by atomic mass is 16.5. The number of nitrogens with zero attached hydrogens (tertiary/aromatic N) is 3. The van der Waals surface area contributed by atoms with Gasteiger partial charge < -0.3 is 23.7 Å². The predicted octanol–water partition coefficient (Wildman–Crippen LogP) is 5.81. The fraction of sp³-hybridized carbons (Fsp3) is 0.281. The molecule has 9 nitrogen and oxygen atoms in total. The van der Waals surface area contributed by atoms with Crippen LogP contribution in [0.2, 0.25) is 0 Å². The molecule has 210 valence electrons. The fourth-order valence-corrected chi connectivity index (χ4v) is 4.96. The van der Waals surface area contributed by atoms with Crippen molar-refractivity contribution < 1.29 is 28.5 Å².